The van der Waals surface area contributed by atoms with Gasteiger partial charge in [-0.2, -0.15) is 5.26 Å². The van der Waals surface area contributed by atoms with Crippen molar-refractivity contribution in [1.82, 2.24) is 9.97 Å². The van der Waals surface area contributed by atoms with E-state index in [1.807, 2.05) is 25.1 Å². The Labute approximate surface area is 164 Å². The summed E-state index contributed by atoms with van der Waals surface area (Å²) in [6, 6.07) is 13.3. The SMILES string of the molecule is COC(=O)COc1ccc(Br)cc1/C=C(/C#N)c1nc2ccc(C)cc2[nH]1. The van der Waals surface area contributed by atoms with E-state index < -0.39 is 5.97 Å². The minimum Gasteiger partial charge on any atom is -0.481 e. The molecular weight excluding hydrogens is 410 g/mol. The van der Waals surface area contributed by atoms with Crippen LogP contribution in [0, 0.1) is 18.3 Å². The van der Waals surface area contributed by atoms with Crippen molar-refractivity contribution in [2.45, 2.75) is 6.92 Å². The molecule has 0 unspecified atom stereocenters. The minimum absolute atomic E-state index is 0.217. The number of carbonyl (C=O) groups excluding carboxylic acids is 1. The second kappa shape index (κ2) is 8.06. The summed E-state index contributed by atoms with van der Waals surface area (Å²) in [7, 11) is 1.30. The summed E-state index contributed by atoms with van der Waals surface area (Å²) >= 11 is 3.41. The van der Waals surface area contributed by atoms with E-state index in [0.29, 0.717) is 22.7 Å². The first-order chi connectivity index (χ1) is 13.0. The lowest BCUT2D eigenvalue weighted by Crippen LogP contribution is -2.13. The van der Waals surface area contributed by atoms with Crippen molar-refractivity contribution in [2.24, 2.45) is 0 Å². The fourth-order valence-electron chi connectivity index (χ4n) is 2.52. The second-order valence-corrected chi connectivity index (χ2v) is 6.74. The molecular formula is C20H16BrN3O3. The molecule has 7 heteroatoms. The van der Waals surface area contributed by atoms with Crippen LogP contribution in [0.5, 0.6) is 5.75 Å². The lowest BCUT2D eigenvalue weighted by Gasteiger charge is -2.09. The molecule has 0 spiro atoms. The second-order valence-electron chi connectivity index (χ2n) is 5.82. The van der Waals surface area contributed by atoms with Crippen molar-refractivity contribution in [3.8, 4) is 11.8 Å². The van der Waals surface area contributed by atoms with Crippen molar-refractivity contribution in [3.05, 3.63) is 57.8 Å². The number of fused-ring (bicyclic) bond motifs is 1. The number of halogens is 1. The predicted octanol–water partition coefficient (Wildman–Crippen LogP) is 4.25. The van der Waals surface area contributed by atoms with Gasteiger partial charge in [-0.05, 0) is 48.9 Å². The van der Waals surface area contributed by atoms with E-state index in [2.05, 4.69) is 36.7 Å². The minimum atomic E-state index is -0.485. The maximum atomic E-state index is 11.4. The van der Waals surface area contributed by atoms with Gasteiger partial charge in [0.15, 0.2) is 6.61 Å². The fraction of sp³-hybridized carbons (Fsp3) is 0.150. The molecule has 0 fully saturated rings. The number of ether oxygens (including phenoxy) is 2. The van der Waals surface area contributed by atoms with Crippen LogP contribution in [0.25, 0.3) is 22.7 Å². The molecule has 2 aromatic carbocycles. The van der Waals surface area contributed by atoms with Crippen molar-refractivity contribution in [3.63, 3.8) is 0 Å². The highest BCUT2D eigenvalue weighted by atomic mass is 79.9. The van der Waals surface area contributed by atoms with Gasteiger partial charge >= 0.3 is 5.97 Å². The topological polar surface area (TPSA) is 88.0 Å². The highest BCUT2D eigenvalue weighted by Gasteiger charge is 2.11. The number of imidazole rings is 1. The molecule has 0 atom stereocenters. The van der Waals surface area contributed by atoms with Crippen molar-refractivity contribution >= 4 is 44.6 Å². The lowest BCUT2D eigenvalue weighted by atomic mass is 10.1. The molecule has 136 valence electrons. The molecule has 0 amide bonds. The van der Waals surface area contributed by atoms with Gasteiger partial charge in [-0.3, -0.25) is 0 Å². The average molecular weight is 426 g/mol. The highest BCUT2D eigenvalue weighted by molar-refractivity contribution is 9.10. The van der Waals surface area contributed by atoms with E-state index in [1.165, 1.54) is 7.11 Å². The van der Waals surface area contributed by atoms with Crippen molar-refractivity contribution in [2.75, 3.05) is 13.7 Å². The van der Waals surface area contributed by atoms with Crippen LogP contribution < -0.4 is 4.74 Å². The largest absolute Gasteiger partial charge is 0.481 e. The van der Waals surface area contributed by atoms with Crippen molar-refractivity contribution < 1.29 is 14.3 Å². The van der Waals surface area contributed by atoms with Crippen LogP contribution in [0.2, 0.25) is 0 Å². The summed E-state index contributed by atoms with van der Waals surface area (Å²) in [5.41, 5.74) is 3.74. The quantitative estimate of drug-likeness (QED) is 0.487. The van der Waals surface area contributed by atoms with E-state index in [0.717, 1.165) is 21.1 Å². The van der Waals surface area contributed by atoms with E-state index >= 15 is 0 Å². The van der Waals surface area contributed by atoms with Gasteiger partial charge in [0, 0.05) is 10.0 Å². The number of allylic oxidation sites excluding steroid dienone is 1. The Kier molecular flexibility index (Phi) is 5.57. The monoisotopic (exact) mass is 425 g/mol. The van der Waals surface area contributed by atoms with Gasteiger partial charge in [0.2, 0.25) is 0 Å². The van der Waals surface area contributed by atoms with Gasteiger partial charge in [0.1, 0.15) is 17.6 Å². The average Bonchev–Trinajstić information content (AvgIpc) is 3.07. The molecule has 0 aliphatic rings. The number of carbonyl (C=O) groups is 1. The molecule has 0 aliphatic carbocycles. The fourth-order valence-corrected chi connectivity index (χ4v) is 2.90. The van der Waals surface area contributed by atoms with Crippen LogP contribution in [0.15, 0.2) is 40.9 Å². The molecule has 3 rings (SSSR count). The third-order valence-corrected chi connectivity index (χ3v) is 4.35. The molecule has 3 aromatic rings. The van der Waals surface area contributed by atoms with Gasteiger partial charge in [0.25, 0.3) is 0 Å². The standard InChI is InChI=1S/C20H16BrN3O3/c1-12-3-5-16-17(7-12)24-20(23-16)14(10-22)8-13-9-15(21)4-6-18(13)27-11-19(25)26-2/h3-9H,11H2,1-2H3,(H,23,24)/b14-8-. The van der Waals surface area contributed by atoms with Crippen LogP contribution in [0.4, 0.5) is 0 Å². The summed E-state index contributed by atoms with van der Waals surface area (Å²) in [5.74, 6) is 0.446. The number of methoxy groups -OCH3 is 1. The normalized spacial score (nSPS) is 11.3. The zero-order valence-corrected chi connectivity index (χ0v) is 16.3. The molecule has 0 saturated carbocycles. The number of aromatic amines is 1. The number of rotatable bonds is 5. The van der Waals surface area contributed by atoms with Gasteiger partial charge in [0.05, 0.1) is 23.7 Å². The van der Waals surface area contributed by atoms with Gasteiger partial charge in [-0.1, -0.05) is 22.0 Å². The summed E-state index contributed by atoms with van der Waals surface area (Å²) in [4.78, 5) is 19.0. The Hall–Kier alpha value is -3.11. The molecule has 0 bridgehead atoms. The number of nitrogens with one attached hydrogen (secondary N) is 1. The Morgan fingerprint density at radius 2 is 2.15 bits per heavy atom. The Morgan fingerprint density at radius 1 is 1.33 bits per heavy atom. The number of nitrogens with zero attached hydrogens (tertiary/aromatic N) is 2. The van der Waals surface area contributed by atoms with Crippen LogP contribution in [0.1, 0.15) is 17.0 Å². The summed E-state index contributed by atoms with van der Waals surface area (Å²) < 4.78 is 10.9. The molecule has 1 heterocycles. The zero-order chi connectivity index (χ0) is 19.4. The molecule has 27 heavy (non-hydrogen) atoms. The highest BCUT2D eigenvalue weighted by Crippen LogP contribution is 2.28. The van der Waals surface area contributed by atoms with Gasteiger partial charge in [-0.25, -0.2) is 9.78 Å². The smallest absolute Gasteiger partial charge is 0.343 e. The number of H-pyrrole nitrogens is 1. The first-order valence-corrected chi connectivity index (χ1v) is 8.87. The summed E-state index contributed by atoms with van der Waals surface area (Å²) in [6.07, 6.45) is 1.67. The maximum Gasteiger partial charge on any atom is 0.343 e. The third-order valence-electron chi connectivity index (χ3n) is 3.86. The lowest BCUT2D eigenvalue weighted by molar-refractivity contribution is -0.142. The van der Waals surface area contributed by atoms with Gasteiger partial charge < -0.3 is 14.5 Å². The van der Waals surface area contributed by atoms with Crippen LogP contribution in [-0.2, 0) is 9.53 Å². The number of aryl methyl sites for hydroxylation is 1. The predicted molar refractivity (Wildman–Crippen MR) is 106 cm³/mol. The molecule has 0 saturated heterocycles. The van der Waals surface area contributed by atoms with Crippen molar-refractivity contribution in [1.29, 1.82) is 5.26 Å². The zero-order valence-electron chi connectivity index (χ0n) is 14.7. The van der Waals surface area contributed by atoms with E-state index in [4.69, 9.17) is 4.74 Å². The molecule has 1 aromatic heterocycles. The third kappa shape index (κ3) is 4.36. The number of hydrogen-bond acceptors (Lipinski definition) is 5. The van der Waals surface area contributed by atoms with E-state index in [-0.39, 0.29) is 6.61 Å². The number of benzene rings is 2. The van der Waals surface area contributed by atoms with E-state index in [9.17, 15) is 10.1 Å². The van der Waals surface area contributed by atoms with E-state index in [1.54, 1.807) is 24.3 Å². The number of hydrogen-bond donors (Lipinski definition) is 1. The Morgan fingerprint density at radius 3 is 2.89 bits per heavy atom. The number of nitriles is 1. The molecule has 6 nitrogen and oxygen atoms in total. The number of esters is 1. The van der Waals surface area contributed by atoms with Crippen LogP contribution in [-0.4, -0.2) is 29.7 Å². The Balaban J connectivity index is 2.00. The Bertz CT molecular complexity index is 1080. The summed E-state index contributed by atoms with van der Waals surface area (Å²) in [5, 5.41) is 9.63. The molecule has 1 N–H and O–H groups in total. The van der Waals surface area contributed by atoms with Crippen LogP contribution >= 0.6 is 15.9 Å². The first kappa shape index (κ1) is 18.7. The summed E-state index contributed by atoms with van der Waals surface area (Å²) in [6.45, 7) is 1.78. The maximum absolute atomic E-state index is 11.4. The number of aromatic nitrogens is 2. The van der Waals surface area contributed by atoms with Crippen LogP contribution in [0.3, 0.4) is 0 Å². The first-order valence-electron chi connectivity index (χ1n) is 8.08. The van der Waals surface area contributed by atoms with Gasteiger partial charge in [-0.15, -0.1) is 0 Å². The molecule has 0 aliphatic heterocycles. The molecule has 0 radical (unpaired) electrons.